The number of allylic oxidation sites excluding steroid dienone is 2. The number of fused-ring (bicyclic) bond motifs is 1. The molecule has 0 amide bonds. The first-order valence-corrected chi connectivity index (χ1v) is 6.58. The Bertz CT molecular complexity index is 507. The van der Waals surface area contributed by atoms with Crippen molar-refractivity contribution in [3.05, 3.63) is 46.5 Å². The fourth-order valence-corrected chi connectivity index (χ4v) is 2.25. The first-order chi connectivity index (χ1) is 9.02. The molecule has 0 spiro atoms. The summed E-state index contributed by atoms with van der Waals surface area (Å²) in [6, 6.07) is 5.47. The molecular weight excluding hydrogens is 249 g/mol. The average molecular weight is 266 g/mol. The highest BCUT2D eigenvalue weighted by atomic mass is 19.4. The molecule has 1 aromatic rings. The fourth-order valence-electron chi connectivity index (χ4n) is 2.25. The van der Waals surface area contributed by atoms with E-state index in [1.807, 2.05) is 24.3 Å². The summed E-state index contributed by atoms with van der Waals surface area (Å²) >= 11 is 0. The molecule has 0 aromatic heterocycles. The van der Waals surface area contributed by atoms with Crippen LogP contribution in [-0.2, 0) is 6.42 Å². The van der Waals surface area contributed by atoms with Crippen LogP contribution < -0.4 is 0 Å². The van der Waals surface area contributed by atoms with E-state index in [0.29, 0.717) is 0 Å². The Kier molecular flexibility index (Phi) is 4.13. The Balaban J connectivity index is 2.23. The minimum atomic E-state index is -4.22. The van der Waals surface area contributed by atoms with Crippen LogP contribution in [0.15, 0.2) is 29.8 Å². The second-order valence-electron chi connectivity index (χ2n) is 4.81. The van der Waals surface area contributed by atoms with Crippen LogP contribution >= 0.6 is 0 Å². The molecule has 2 rings (SSSR count). The zero-order chi connectivity index (χ0) is 13.9. The molecule has 1 aromatic carbocycles. The molecule has 0 saturated heterocycles. The van der Waals surface area contributed by atoms with Crippen molar-refractivity contribution in [3.8, 4) is 0 Å². The van der Waals surface area contributed by atoms with Gasteiger partial charge in [-0.2, -0.15) is 13.2 Å². The van der Waals surface area contributed by atoms with Gasteiger partial charge in [0, 0.05) is 12.0 Å². The van der Waals surface area contributed by atoms with Crippen LogP contribution in [0, 0.1) is 0 Å². The summed E-state index contributed by atoms with van der Waals surface area (Å²) in [4.78, 5) is 0. The lowest BCUT2D eigenvalue weighted by Gasteiger charge is -2.05. The van der Waals surface area contributed by atoms with Crippen molar-refractivity contribution in [3.63, 3.8) is 0 Å². The van der Waals surface area contributed by atoms with Gasteiger partial charge in [0.25, 0.3) is 0 Å². The van der Waals surface area contributed by atoms with E-state index in [2.05, 4.69) is 6.92 Å². The van der Waals surface area contributed by atoms with Gasteiger partial charge < -0.3 is 0 Å². The van der Waals surface area contributed by atoms with Gasteiger partial charge in [0.1, 0.15) is 0 Å². The zero-order valence-corrected chi connectivity index (χ0v) is 10.9. The van der Waals surface area contributed by atoms with Gasteiger partial charge in [0.2, 0.25) is 0 Å². The molecule has 19 heavy (non-hydrogen) atoms. The van der Waals surface area contributed by atoms with Crippen molar-refractivity contribution >= 4 is 12.2 Å². The number of benzene rings is 1. The number of hydrogen-bond acceptors (Lipinski definition) is 0. The van der Waals surface area contributed by atoms with Gasteiger partial charge >= 0.3 is 6.18 Å². The number of halogens is 3. The topological polar surface area (TPSA) is 0 Å². The van der Waals surface area contributed by atoms with E-state index in [9.17, 15) is 13.2 Å². The summed E-state index contributed by atoms with van der Waals surface area (Å²) < 4.78 is 38.2. The molecule has 0 atom stereocenters. The maximum Gasteiger partial charge on any atom is 0.413 e. The molecule has 0 radical (unpaired) electrons. The molecule has 0 N–H and O–H groups in total. The molecule has 102 valence electrons. The maximum absolute atomic E-state index is 12.7. The van der Waals surface area contributed by atoms with Crippen LogP contribution in [-0.4, -0.2) is 6.18 Å². The summed E-state index contributed by atoms with van der Waals surface area (Å²) in [6.45, 7) is 2.12. The van der Waals surface area contributed by atoms with Crippen LogP contribution in [0.2, 0.25) is 0 Å². The number of alkyl halides is 3. The zero-order valence-electron chi connectivity index (χ0n) is 10.9. The minimum absolute atomic E-state index is 0.00449. The molecule has 0 bridgehead atoms. The maximum atomic E-state index is 12.7. The molecule has 0 saturated carbocycles. The molecule has 0 aliphatic heterocycles. The highest BCUT2D eigenvalue weighted by Gasteiger charge is 2.36. The van der Waals surface area contributed by atoms with Gasteiger partial charge in [-0.15, -0.1) is 0 Å². The predicted molar refractivity (Wildman–Crippen MR) is 72.7 cm³/mol. The lowest BCUT2D eigenvalue weighted by atomic mass is 10.0. The van der Waals surface area contributed by atoms with Gasteiger partial charge in [0.05, 0.1) is 0 Å². The third kappa shape index (κ3) is 3.28. The van der Waals surface area contributed by atoms with Crippen molar-refractivity contribution in [2.45, 2.75) is 38.8 Å². The average Bonchev–Trinajstić information content (AvgIpc) is 2.79. The first kappa shape index (κ1) is 13.9. The highest BCUT2D eigenvalue weighted by Crippen LogP contribution is 2.37. The fraction of sp³-hybridized carbons (Fsp3) is 0.375. The van der Waals surface area contributed by atoms with E-state index in [4.69, 9.17) is 0 Å². The molecule has 0 unspecified atom stereocenters. The highest BCUT2D eigenvalue weighted by molar-refractivity contribution is 5.73. The summed E-state index contributed by atoms with van der Waals surface area (Å²) in [5, 5.41) is 0. The molecule has 3 heteroatoms. The number of hydrogen-bond donors (Lipinski definition) is 0. The Morgan fingerprint density at radius 3 is 2.74 bits per heavy atom. The second-order valence-corrected chi connectivity index (χ2v) is 4.81. The molecule has 1 aliphatic rings. The molecule has 0 fully saturated rings. The van der Waals surface area contributed by atoms with Gasteiger partial charge in [-0.3, -0.25) is 0 Å². The monoisotopic (exact) mass is 266 g/mol. The Morgan fingerprint density at radius 2 is 2.05 bits per heavy atom. The van der Waals surface area contributed by atoms with E-state index in [-0.39, 0.29) is 6.42 Å². The van der Waals surface area contributed by atoms with E-state index in [0.717, 1.165) is 36.0 Å². The SMILES string of the molecule is CCCCC=Cc1cccc2c1C=C(C(F)(F)F)C2. The van der Waals surface area contributed by atoms with E-state index >= 15 is 0 Å². The van der Waals surface area contributed by atoms with Crippen molar-refractivity contribution in [1.82, 2.24) is 0 Å². The van der Waals surface area contributed by atoms with Crippen LogP contribution in [0.5, 0.6) is 0 Å². The standard InChI is InChI=1S/C16H17F3/c1-2-3-4-5-7-12-8-6-9-13-10-14(11-15(12)13)16(17,18)19/h5-9,11H,2-4,10H2,1H3. The molecular formula is C16H17F3. The normalized spacial score (nSPS) is 14.8. The van der Waals surface area contributed by atoms with Gasteiger partial charge in [0.15, 0.2) is 0 Å². The smallest absolute Gasteiger partial charge is 0.166 e. The molecule has 0 heterocycles. The van der Waals surface area contributed by atoms with Crippen LogP contribution in [0.4, 0.5) is 13.2 Å². The van der Waals surface area contributed by atoms with E-state index < -0.39 is 11.7 Å². The number of rotatable bonds is 4. The molecule has 1 aliphatic carbocycles. The van der Waals surface area contributed by atoms with E-state index in [1.54, 1.807) is 6.07 Å². The van der Waals surface area contributed by atoms with Gasteiger partial charge in [-0.25, -0.2) is 0 Å². The third-order valence-corrected chi connectivity index (χ3v) is 3.32. The number of unbranched alkanes of at least 4 members (excludes halogenated alkanes) is 2. The largest absolute Gasteiger partial charge is 0.413 e. The summed E-state index contributed by atoms with van der Waals surface area (Å²) in [5.74, 6) is 0. The van der Waals surface area contributed by atoms with Crippen LogP contribution in [0.25, 0.3) is 12.2 Å². The van der Waals surface area contributed by atoms with Crippen molar-refractivity contribution in [1.29, 1.82) is 0 Å². The lowest BCUT2D eigenvalue weighted by molar-refractivity contribution is -0.0918. The minimum Gasteiger partial charge on any atom is -0.166 e. The quantitative estimate of drug-likeness (QED) is 0.641. The van der Waals surface area contributed by atoms with E-state index in [1.165, 1.54) is 6.08 Å². The summed E-state index contributed by atoms with van der Waals surface area (Å²) in [7, 11) is 0. The van der Waals surface area contributed by atoms with Crippen molar-refractivity contribution in [2.24, 2.45) is 0 Å². The summed E-state index contributed by atoms with van der Waals surface area (Å²) in [6.07, 6.45) is 4.23. The Labute approximate surface area is 111 Å². The van der Waals surface area contributed by atoms with Gasteiger partial charge in [-0.1, -0.05) is 50.1 Å². The predicted octanol–water partition coefficient (Wildman–Crippen LogP) is 5.39. The Morgan fingerprint density at radius 1 is 1.26 bits per heavy atom. The van der Waals surface area contributed by atoms with Crippen molar-refractivity contribution in [2.75, 3.05) is 0 Å². The van der Waals surface area contributed by atoms with Crippen LogP contribution in [0.1, 0.15) is 42.9 Å². The van der Waals surface area contributed by atoms with Crippen molar-refractivity contribution < 1.29 is 13.2 Å². The summed E-state index contributed by atoms with van der Waals surface area (Å²) in [5.41, 5.74) is 1.93. The van der Waals surface area contributed by atoms with Crippen LogP contribution in [0.3, 0.4) is 0 Å². The molecule has 0 nitrogen and oxygen atoms in total. The third-order valence-electron chi connectivity index (χ3n) is 3.32. The lowest BCUT2D eigenvalue weighted by Crippen LogP contribution is -2.11. The Hall–Kier alpha value is -1.51. The second kappa shape index (κ2) is 5.64. The van der Waals surface area contributed by atoms with Gasteiger partial charge in [-0.05, 0) is 29.2 Å². The first-order valence-electron chi connectivity index (χ1n) is 6.58.